The van der Waals surface area contributed by atoms with Gasteiger partial charge in [0.2, 0.25) is 0 Å². The van der Waals surface area contributed by atoms with Crippen molar-refractivity contribution in [1.29, 1.82) is 0 Å². The van der Waals surface area contributed by atoms with Crippen molar-refractivity contribution in [2.24, 2.45) is 0 Å². The third-order valence-corrected chi connectivity index (χ3v) is 1.96. The molecule has 0 heterocycles. The Morgan fingerprint density at radius 3 is 1.29 bits per heavy atom. The summed E-state index contributed by atoms with van der Waals surface area (Å²) in [4.78, 5) is 0. The lowest BCUT2D eigenvalue weighted by Gasteiger charge is -2.13. The molecule has 5 heteroatoms. The first-order chi connectivity index (χ1) is 2.94. The number of hydrogen-bond donors (Lipinski definition) is 3. The Hall–Kier alpha value is 1.34. The van der Waals surface area contributed by atoms with Gasteiger partial charge in [0.25, 0.3) is 5.97 Å². The van der Waals surface area contributed by atoms with Crippen LogP contribution in [0.2, 0.25) is 0 Å². The fourth-order valence-electron chi connectivity index (χ4n) is 0. The molecular weight excluding hydrogens is 326 g/mol. The molecule has 0 spiro atoms. The van der Waals surface area contributed by atoms with E-state index in [9.17, 15) is 0 Å². The summed E-state index contributed by atoms with van der Waals surface area (Å²) in [5, 5.41) is 24.6. The summed E-state index contributed by atoms with van der Waals surface area (Å²) in [7, 11) is 0. The smallest absolute Gasteiger partial charge is 0.297 e. The van der Waals surface area contributed by atoms with Crippen LogP contribution in [-0.4, -0.2) is 23.2 Å². The predicted octanol–water partition coefficient (Wildman–Crippen LogP) is -0.187. The van der Waals surface area contributed by atoms with Gasteiger partial charge in [-0.25, -0.2) is 0 Å². The van der Waals surface area contributed by atoms with Gasteiger partial charge >= 0.3 is 0 Å². The highest BCUT2D eigenvalue weighted by molar-refractivity contribution is 14.2. The molecule has 0 aliphatic rings. The van der Waals surface area contributed by atoms with Gasteiger partial charge < -0.3 is 15.3 Å². The quantitative estimate of drug-likeness (QED) is 0.355. The van der Waals surface area contributed by atoms with E-state index in [2.05, 4.69) is 0 Å². The third-order valence-electron chi connectivity index (χ3n) is 0.293. The molecule has 0 atom stereocenters. The SMILES string of the molecule is OC(O)(O)C(I)I. The van der Waals surface area contributed by atoms with Crippen LogP contribution < -0.4 is 0 Å². The highest BCUT2D eigenvalue weighted by Crippen LogP contribution is 2.19. The first kappa shape index (κ1) is 8.34. The fraction of sp³-hybridized carbons (Fsp3) is 1.00. The topological polar surface area (TPSA) is 60.7 Å². The number of hydrogen-bond acceptors (Lipinski definition) is 3. The molecule has 0 saturated carbocycles. The average Bonchev–Trinajstić information content (AvgIpc) is 1.31. The number of halogens is 2. The molecule has 0 fully saturated rings. The van der Waals surface area contributed by atoms with E-state index in [-0.39, 0.29) is 0 Å². The van der Waals surface area contributed by atoms with Crippen LogP contribution in [0.5, 0.6) is 0 Å². The molecule has 0 aliphatic heterocycles. The van der Waals surface area contributed by atoms with E-state index >= 15 is 0 Å². The Kier molecular flexibility index (Phi) is 3.29. The Bertz CT molecular complexity index is 56.4. The van der Waals surface area contributed by atoms with Gasteiger partial charge in [0.05, 0.1) is 0 Å². The van der Waals surface area contributed by atoms with Crippen LogP contribution >= 0.6 is 45.2 Å². The average molecular weight is 330 g/mol. The Morgan fingerprint density at radius 1 is 1.14 bits per heavy atom. The summed E-state index contributed by atoms with van der Waals surface area (Å²) in [5.74, 6) is -2.53. The molecule has 0 bridgehead atoms. The first-order valence-electron chi connectivity index (χ1n) is 1.40. The zero-order valence-corrected chi connectivity index (χ0v) is 7.49. The van der Waals surface area contributed by atoms with E-state index in [0.29, 0.717) is 0 Å². The van der Waals surface area contributed by atoms with E-state index in [4.69, 9.17) is 15.3 Å². The van der Waals surface area contributed by atoms with Gasteiger partial charge in [-0.15, -0.1) is 0 Å². The number of alkyl halides is 2. The monoisotopic (exact) mass is 330 g/mol. The van der Waals surface area contributed by atoms with Crippen LogP contribution in [0.1, 0.15) is 0 Å². The van der Waals surface area contributed by atoms with Crippen LogP contribution in [0.3, 0.4) is 0 Å². The van der Waals surface area contributed by atoms with Crippen LogP contribution in [-0.2, 0) is 0 Å². The molecule has 44 valence electrons. The summed E-state index contributed by atoms with van der Waals surface area (Å²) in [6, 6.07) is 0. The van der Waals surface area contributed by atoms with E-state index in [0.717, 1.165) is 0 Å². The third kappa shape index (κ3) is 3.88. The van der Waals surface area contributed by atoms with Gasteiger partial charge in [0.1, 0.15) is 1.93 Å². The molecule has 0 rings (SSSR count). The van der Waals surface area contributed by atoms with Crippen molar-refractivity contribution < 1.29 is 15.3 Å². The largest absolute Gasteiger partial charge is 0.342 e. The standard InChI is InChI=1S/C2H4I2O3/c3-1(4)2(5,6)7/h1,5-7H. The van der Waals surface area contributed by atoms with Crippen LogP contribution in [0, 0.1) is 0 Å². The second-order valence-electron chi connectivity index (χ2n) is 0.988. The van der Waals surface area contributed by atoms with Gasteiger partial charge in [-0.2, -0.15) is 0 Å². The lowest BCUT2D eigenvalue weighted by molar-refractivity contribution is -0.294. The van der Waals surface area contributed by atoms with Crippen molar-refractivity contribution in [2.45, 2.75) is 7.90 Å². The summed E-state index contributed by atoms with van der Waals surface area (Å²) in [6.45, 7) is 0. The maximum absolute atomic E-state index is 8.19. The van der Waals surface area contributed by atoms with Crippen molar-refractivity contribution in [3.63, 3.8) is 0 Å². The van der Waals surface area contributed by atoms with Gasteiger partial charge in [-0.05, 0) is 0 Å². The molecule has 0 aromatic heterocycles. The van der Waals surface area contributed by atoms with E-state index in [1.807, 2.05) is 0 Å². The lowest BCUT2D eigenvalue weighted by Crippen LogP contribution is -2.33. The Morgan fingerprint density at radius 2 is 1.29 bits per heavy atom. The van der Waals surface area contributed by atoms with Crippen molar-refractivity contribution in [3.05, 3.63) is 0 Å². The van der Waals surface area contributed by atoms with Crippen molar-refractivity contribution >= 4 is 45.2 Å². The number of rotatable bonds is 1. The van der Waals surface area contributed by atoms with Crippen LogP contribution in [0.25, 0.3) is 0 Å². The van der Waals surface area contributed by atoms with E-state index in [1.54, 1.807) is 45.2 Å². The second-order valence-corrected chi connectivity index (χ2v) is 5.86. The molecule has 0 aromatic carbocycles. The van der Waals surface area contributed by atoms with Gasteiger partial charge in [-0.3, -0.25) is 0 Å². The summed E-state index contributed by atoms with van der Waals surface area (Å²) in [6.07, 6.45) is 0. The fourth-order valence-corrected chi connectivity index (χ4v) is 0. The molecular formula is C2H4I2O3. The maximum atomic E-state index is 8.19. The summed E-state index contributed by atoms with van der Waals surface area (Å²) >= 11 is 3.37. The molecule has 0 aromatic rings. The van der Waals surface area contributed by atoms with E-state index in [1.165, 1.54) is 0 Å². The normalized spacial score (nSPS) is 12.9. The molecule has 0 unspecified atom stereocenters. The minimum atomic E-state index is -2.53. The molecule has 0 amide bonds. The summed E-state index contributed by atoms with van der Waals surface area (Å²) < 4.78 is -0.595. The van der Waals surface area contributed by atoms with Crippen molar-refractivity contribution in [1.82, 2.24) is 0 Å². The highest BCUT2D eigenvalue weighted by atomic mass is 127. The Labute approximate surface area is 68.0 Å². The lowest BCUT2D eigenvalue weighted by atomic mass is 10.7. The maximum Gasteiger partial charge on any atom is 0.297 e. The number of aliphatic hydroxyl groups is 3. The van der Waals surface area contributed by atoms with Crippen LogP contribution in [0.4, 0.5) is 0 Å². The summed E-state index contributed by atoms with van der Waals surface area (Å²) in [5.41, 5.74) is 0. The van der Waals surface area contributed by atoms with E-state index < -0.39 is 7.90 Å². The first-order valence-corrected chi connectivity index (χ1v) is 3.89. The zero-order valence-electron chi connectivity index (χ0n) is 3.17. The molecule has 0 aliphatic carbocycles. The Balaban J connectivity index is 3.54. The molecule has 0 saturated heterocycles. The highest BCUT2D eigenvalue weighted by Gasteiger charge is 2.26. The van der Waals surface area contributed by atoms with Gasteiger partial charge in [0.15, 0.2) is 0 Å². The van der Waals surface area contributed by atoms with Gasteiger partial charge in [-0.1, -0.05) is 45.2 Å². The molecule has 3 N–H and O–H groups in total. The minimum absolute atomic E-state index is 0.595. The van der Waals surface area contributed by atoms with Crippen molar-refractivity contribution in [2.75, 3.05) is 0 Å². The predicted molar refractivity (Wildman–Crippen MR) is 41.2 cm³/mol. The minimum Gasteiger partial charge on any atom is -0.342 e. The molecule has 0 radical (unpaired) electrons. The zero-order chi connectivity index (χ0) is 6.08. The van der Waals surface area contributed by atoms with Crippen molar-refractivity contribution in [3.8, 4) is 0 Å². The van der Waals surface area contributed by atoms with Gasteiger partial charge in [0, 0.05) is 0 Å². The molecule has 3 nitrogen and oxygen atoms in total. The van der Waals surface area contributed by atoms with Crippen LogP contribution in [0.15, 0.2) is 0 Å². The second kappa shape index (κ2) is 2.76. The molecule has 7 heavy (non-hydrogen) atoms.